The fourth-order valence-electron chi connectivity index (χ4n) is 3.01. The van der Waals surface area contributed by atoms with Crippen LogP contribution < -0.4 is 10.6 Å². The summed E-state index contributed by atoms with van der Waals surface area (Å²) in [7, 11) is 2.05. The van der Waals surface area contributed by atoms with Gasteiger partial charge in [-0.05, 0) is 18.7 Å². The molecule has 1 atom stereocenters. The van der Waals surface area contributed by atoms with Gasteiger partial charge in [-0.15, -0.1) is 0 Å². The second-order valence-electron chi connectivity index (χ2n) is 5.46. The summed E-state index contributed by atoms with van der Waals surface area (Å²) in [5.74, 6) is 0. The third-order valence-corrected chi connectivity index (χ3v) is 3.98. The summed E-state index contributed by atoms with van der Waals surface area (Å²) in [5, 5.41) is 0. The molecule has 0 bridgehead atoms. The molecule has 2 aliphatic heterocycles. The molecule has 102 valence electrons. The molecule has 5 heteroatoms. The Hall–Kier alpha value is -1.59. The van der Waals surface area contributed by atoms with Crippen LogP contribution in [0.15, 0.2) is 24.3 Å². The van der Waals surface area contributed by atoms with Gasteiger partial charge in [0.2, 0.25) is 0 Å². The largest absolute Gasteiger partial charge is 0.439 e. The Balaban J connectivity index is 1.88. The highest BCUT2D eigenvalue weighted by atomic mass is 16.6. The molecule has 1 amide bonds. The normalized spacial score (nSPS) is 27.3. The van der Waals surface area contributed by atoms with Crippen molar-refractivity contribution in [3.63, 3.8) is 0 Å². The number of nitrogens with zero attached hydrogens (tertiary/aromatic N) is 2. The SMILES string of the molecule is CN1CCC2(C1)CN(c1ccccc1CN)C(=O)O2. The Morgan fingerprint density at radius 3 is 2.84 bits per heavy atom. The number of likely N-dealkylation sites (tertiary alicyclic amines) is 1. The second-order valence-corrected chi connectivity index (χ2v) is 5.46. The molecule has 1 aromatic carbocycles. The molecule has 5 nitrogen and oxygen atoms in total. The molecule has 19 heavy (non-hydrogen) atoms. The molecule has 1 unspecified atom stereocenters. The molecule has 3 rings (SSSR count). The zero-order chi connectivity index (χ0) is 13.5. The van der Waals surface area contributed by atoms with Crippen LogP contribution in [0.1, 0.15) is 12.0 Å². The number of para-hydroxylation sites is 1. The second kappa shape index (κ2) is 4.51. The number of carbonyl (C=O) groups excluding carboxylic acids is 1. The van der Waals surface area contributed by atoms with Crippen LogP contribution in [0.4, 0.5) is 10.5 Å². The highest BCUT2D eigenvalue weighted by molar-refractivity contribution is 5.91. The lowest BCUT2D eigenvalue weighted by Crippen LogP contribution is -2.37. The monoisotopic (exact) mass is 261 g/mol. The number of nitrogens with two attached hydrogens (primary N) is 1. The van der Waals surface area contributed by atoms with Gasteiger partial charge in [-0.3, -0.25) is 4.90 Å². The predicted octanol–water partition coefficient (Wildman–Crippen LogP) is 1.18. The molecule has 0 aromatic heterocycles. The van der Waals surface area contributed by atoms with E-state index in [0.717, 1.165) is 30.8 Å². The average Bonchev–Trinajstić information content (AvgIpc) is 2.92. The zero-order valence-electron chi connectivity index (χ0n) is 11.1. The highest BCUT2D eigenvalue weighted by Crippen LogP contribution is 2.35. The number of hydrogen-bond acceptors (Lipinski definition) is 4. The first kappa shape index (κ1) is 12.4. The summed E-state index contributed by atoms with van der Waals surface area (Å²) < 4.78 is 5.65. The first-order valence-electron chi connectivity index (χ1n) is 6.61. The van der Waals surface area contributed by atoms with Crippen molar-refractivity contribution in [2.45, 2.75) is 18.6 Å². The summed E-state index contributed by atoms with van der Waals surface area (Å²) in [6.07, 6.45) is 0.646. The number of anilines is 1. The van der Waals surface area contributed by atoms with Crippen LogP contribution in [-0.2, 0) is 11.3 Å². The van der Waals surface area contributed by atoms with Crippen molar-refractivity contribution >= 4 is 11.8 Å². The molecule has 2 N–H and O–H groups in total. The third-order valence-electron chi connectivity index (χ3n) is 3.98. The maximum atomic E-state index is 12.2. The van der Waals surface area contributed by atoms with E-state index in [2.05, 4.69) is 11.9 Å². The topological polar surface area (TPSA) is 58.8 Å². The van der Waals surface area contributed by atoms with Crippen LogP contribution in [0.3, 0.4) is 0 Å². The van der Waals surface area contributed by atoms with Crippen LogP contribution >= 0.6 is 0 Å². The van der Waals surface area contributed by atoms with Crippen molar-refractivity contribution in [1.82, 2.24) is 4.90 Å². The molecule has 2 fully saturated rings. The van der Waals surface area contributed by atoms with Crippen molar-refractivity contribution in [2.75, 3.05) is 31.6 Å². The van der Waals surface area contributed by atoms with Gasteiger partial charge in [-0.1, -0.05) is 18.2 Å². The van der Waals surface area contributed by atoms with E-state index in [1.54, 1.807) is 4.90 Å². The lowest BCUT2D eigenvalue weighted by molar-refractivity contribution is 0.0658. The molecule has 2 saturated heterocycles. The maximum Gasteiger partial charge on any atom is 0.415 e. The number of hydrogen-bond donors (Lipinski definition) is 1. The van der Waals surface area contributed by atoms with Crippen LogP contribution in [0.5, 0.6) is 0 Å². The summed E-state index contributed by atoms with van der Waals surface area (Å²) in [6.45, 7) is 2.82. The van der Waals surface area contributed by atoms with Gasteiger partial charge >= 0.3 is 6.09 Å². The van der Waals surface area contributed by atoms with E-state index in [0.29, 0.717) is 13.1 Å². The summed E-state index contributed by atoms with van der Waals surface area (Å²) in [6, 6.07) is 7.75. The molecule has 0 saturated carbocycles. The molecular formula is C14H19N3O2. The predicted molar refractivity (Wildman–Crippen MR) is 73.0 cm³/mol. The van der Waals surface area contributed by atoms with E-state index >= 15 is 0 Å². The summed E-state index contributed by atoms with van der Waals surface area (Å²) in [5.41, 5.74) is 7.26. The molecule has 0 aliphatic carbocycles. The fraction of sp³-hybridized carbons (Fsp3) is 0.500. The lowest BCUT2D eigenvalue weighted by atomic mass is 10.0. The van der Waals surface area contributed by atoms with E-state index in [-0.39, 0.29) is 11.7 Å². The van der Waals surface area contributed by atoms with Gasteiger partial charge in [0.05, 0.1) is 12.2 Å². The van der Waals surface area contributed by atoms with Crippen LogP contribution in [0.2, 0.25) is 0 Å². The van der Waals surface area contributed by atoms with Crippen LogP contribution in [-0.4, -0.2) is 43.3 Å². The van der Waals surface area contributed by atoms with E-state index < -0.39 is 0 Å². The van der Waals surface area contributed by atoms with E-state index in [4.69, 9.17) is 10.5 Å². The van der Waals surface area contributed by atoms with Gasteiger partial charge in [0.25, 0.3) is 0 Å². The minimum Gasteiger partial charge on any atom is -0.439 e. The zero-order valence-corrected chi connectivity index (χ0v) is 11.1. The van der Waals surface area contributed by atoms with E-state index in [1.807, 2.05) is 24.3 Å². The first-order valence-corrected chi connectivity index (χ1v) is 6.61. The molecule has 0 radical (unpaired) electrons. The first-order chi connectivity index (χ1) is 9.13. The lowest BCUT2D eigenvalue weighted by Gasteiger charge is -2.21. The smallest absolute Gasteiger partial charge is 0.415 e. The van der Waals surface area contributed by atoms with Gasteiger partial charge in [0.1, 0.15) is 5.60 Å². The van der Waals surface area contributed by atoms with Gasteiger partial charge in [-0.25, -0.2) is 4.79 Å². The van der Waals surface area contributed by atoms with Crippen molar-refractivity contribution in [1.29, 1.82) is 0 Å². The number of likely N-dealkylation sites (N-methyl/N-ethyl adjacent to an activating group) is 1. The standard InChI is InChI=1S/C14H19N3O2/c1-16-7-6-14(9-16)10-17(13(18)19-14)12-5-3-2-4-11(12)8-15/h2-5H,6-10,15H2,1H3. The highest BCUT2D eigenvalue weighted by Gasteiger charge is 2.49. The molecule has 1 aromatic rings. The minimum absolute atomic E-state index is 0.254. The number of amides is 1. The number of carbonyl (C=O) groups is 1. The Bertz CT molecular complexity index is 505. The van der Waals surface area contributed by atoms with Crippen molar-refractivity contribution in [3.05, 3.63) is 29.8 Å². The third kappa shape index (κ3) is 2.09. The fourth-order valence-corrected chi connectivity index (χ4v) is 3.01. The molecule has 2 aliphatic rings. The van der Waals surface area contributed by atoms with Gasteiger partial charge in [-0.2, -0.15) is 0 Å². The Kier molecular flexibility index (Phi) is 2.95. The Morgan fingerprint density at radius 1 is 1.37 bits per heavy atom. The van der Waals surface area contributed by atoms with E-state index in [9.17, 15) is 4.79 Å². The van der Waals surface area contributed by atoms with Gasteiger partial charge in [0.15, 0.2) is 0 Å². The molecule has 2 heterocycles. The molecular weight excluding hydrogens is 242 g/mol. The number of ether oxygens (including phenoxy) is 1. The Morgan fingerprint density at radius 2 is 2.16 bits per heavy atom. The van der Waals surface area contributed by atoms with Crippen molar-refractivity contribution < 1.29 is 9.53 Å². The molecule has 1 spiro atoms. The minimum atomic E-state index is -0.340. The van der Waals surface area contributed by atoms with Crippen LogP contribution in [0, 0.1) is 0 Å². The van der Waals surface area contributed by atoms with E-state index in [1.165, 1.54) is 0 Å². The van der Waals surface area contributed by atoms with Crippen LogP contribution in [0.25, 0.3) is 0 Å². The van der Waals surface area contributed by atoms with Gasteiger partial charge < -0.3 is 15.4 Å². The quantitative estimate of drug-likeness (QED) is 0.868. The van der Waals surface area contributed by atoms with Gasteiger partial charge in [0, 0.05) is 26.1 Å². The summed E-state index contributed by atoms with van der Waals surface area (Å²) in [4.78, 5) is 16.1. The van der Waals surface area contributed by atoms with Crippen molar-refractivity contribution in [3.8, 4) is 0 Å². The number of benzene rings is 1. The maximum absolute atomic E-state index is 12.2. The number of rotatable bonds is 2. The Labute approximate surface area is 112 Å². The average molecular weight is 261 g/mol. The van der Waals surface area contributed by atoms with Crippen molar-refractivity contribution in [2.24, 2.45) is 5.73 Å². The summed E-state index contributed by atoms with van der Waals surface area (Å²) >= 11 is 0.